The molecule has 0 radical (unpaired) electrons. The highest BCUT2D eigenvalue weighted by atomic mass is 15.3. The Kier molecular flexibility index (Phi) is 2.73. The Morgan fingerprint density at radius 1 is 1.39 bits per heavy atom. The fraction of sp³-hybridized carbons (Fsp3) is 0.571. The fourth-order valence-electron chi connectivity index (χ4n) is 2.68. The molecule has 0 spiro atoms. The van der Waals surface area contributed by atoms with Gasteiger partial charge in [0.2, 0.25) is 0 Å². The maximum Gasteiger partial charge on any atom is 0.157 e. The van der Waals surface area contributed by atoms with Crippen LogP contribution in [0.4, 0.5) is 5.82 Å². The standard InChI is InChI=1S/C14H20N4/c1-3-4-14(5-6-14)9-15-12-7-11(2)8-13-16-10-17-18(12)13/h7-8,10,15H,3-6,9H2,1-2H3. The van der Waals surface area contributed by atoms with Crippen molar-refractivity contribution in [3.8, 4) is 0 Å². The second-order valence-corrected chi connectivity index (χ2v) is 5.55. The Morgan fingerprint density at radius 2 is 2.22 bits per heavy atom. The molecule has 1 aliphatic rings. The highest BCUT2D eigenvalue weighted by Gasteiger charge is 2.41. The molecule has 1 fully saturated rings. The minimum atomic E-state index is 0.547. The molecule has 4 nitrogen and oxygen atoms in total. The molecule has 0 aromatic carbocycles. The summed E-state index contributed by atoms with van der Waals surface area (Å²) >= 11 is 0. The Hall–Kier alpha value is -1.58. The number of fused-ring (bicyclic) bond motifs is 1. The number of nitrogens with zero attached hydrogens (tertiary/aromatic N) is 3. The zero-order valence-corrected chi connectivity index (χ0v) is 11.1. The molecule has 0 atom stereocenters. The summed E-state index contributed by atoms with van der Waals surface area (Å²) in [4.78, 5) is 4.25. The molecule has 1 aliphatic carbocycles. The summed E-state index contributed by atoms with van der Waals surface area (Å²) < 4.78 is 1.88. The highest BCUT2D eigenvalue weighted by Crippen LogP contribution is 2.49. The first-order chi connectivity index (χ1) is 8.72. The maximum atomic E-state index is 4.27. The average Bonchev–Trinajstić information content (AvgIpc) is 2.94. The van der Waals surface area contributed by atoms with Crippen molar-refractivity contribution in [2.45, 2.75) is 39.5 Å². The molecule has 2 aromatic rings. The van der Waals surface area contributed by atoms with E-state index in [0.29, 0.717) is 5.41 Å². The Balaban J connectivity index is 1.80. The molecule has 0 bridgehead atoms. The summed E-state index contributed by atoms with van der Waals surface area (Å²) in [5, 5.41) is 7.83. The van der Waals surface area contributed by atoms with Crippen LogP contribution in [0.5, 0.6) is 0 Å². The van der Waals surface area contributed by atoms with Crippen molar-refractivity contribution in [3.63, 3.8) is 0 Å². The Bertz CT molecular complexity index is 554. The summed E-state index contributed by atoms with van der Waals surface area (Å²) in [6.45, 7) is 5.42. The molecular formula is C14H20N4. The van der Waals surface area contributed by atoms with E-state index in [1.54, 1.807) is 6.33 Å². The predicted octanol–water partition coefficient (Wildman–Crippen LogP) is 3.03. The minimum absolute atomic E-state index is 0.547. The van der Waals surface area contributed by atoms with Crippen LogP contribution >= 0.6 is 0 Å². The summed E-state index contributed by atoms with van der Waals surface area (Å²) in [7, 11) is 0. The second-order valence-electron chi connectivity index (χ2n) is 5.55. The summed E-state index contributed by atoms with van der Waals surface area (Å²) in [5.74, 6) is 1.06. The molecule has 2 aromatic heterocycles. The van der Waals surface area contributed by atoms with Crippen LogP contribution in [0, 0.1) is 12.3 Å². The first kappa shape index (κ1) is 11.5. The van der Waals surface area contributed by atoms with Gasteiger partial charge in [0.25, 0.3) is 0 Å². The Morgan fingerprint density at radius 3 is 2.94 bits per heavy atom. The van der Waals surface area contributed by atoms with Crippen LogP contribution in [0.3, 0.4) is 0 Å². The average molecular weight is 244 g/mol. The molecule has 1 saturated carbocycles. The summed E-state index contributed by atoms with van der Waals surface area (Å²) in [5.41, 5.74) is 2.68. The van der Waals surface area contributed by atoms with E-state index in [2.05, 4.69) is 41.4 Å². The van der Waals surface area contributed by atoms with Gasteiger partial charge in [-0.05, 0) is 49.3 Å². The van der Waals surface area contributed by atoms with E-state index >= 15 is 0 Å². The molecule has 0 saturated heterocycles. The van der Waals surface area contributed by atoms with Crippen LogP contribution in [-0.2, 0) is 0 Å². The van der Waals surface area contributed by atoms with Crippen LogP contribution in [0.15, 0.2) is 18.5 Å². The van der Waals surface area contributed by atoms with Gasteiger partial charge in [0.15, 0.2) is 5.65 Å². The van der Waals surface area contributed by atoms with Crippen molar-refractivity contribution in [1.82, 2.24) is 14.6 Å². The van der Waals surface area contributed by atoms with Gasteiger partial charge in [0.05, 0.1) is 0 Å². The zero-order valence-electron chi connectivity index (χ0n) is 11.1. The lowest BCUT2D eigenvalue weighted by molar-refractivity contribution is 0.484. The van der Waals surface area contributed by atoms with Crippen molar-refractivity contribution in [1.29, 1.82) is 0 Å². The summed E-state index contributed by atoms with van der Waals surface area (Å²) in [6, 6.07) is 4.20. The van der Waals surface area contributed by atoms with Crippen molar-refractivity contribution in [2.24, 2.45) is 5.41 Å². The molecule has 2 heterocycles. The zero-order chi connectivity index (χ0) is 12.6. The number of aromatic nitrogens is 3. The van der Waals surface area contributed by atoms with Crippen molar-refractivity contribution >= 4 is 11.5 Å². The van der Waals surface area contributed by atoms with Gasteiger partial charge in [0, 0.05) is 6.54 Å². The Labute approximate surface area is 107 Å². The van der Waals surface area contributed by atoms with E-state index < -0.39 is 0 Å². The van der Waals surface area contributed by atoms with Crippen LogP contribution in [-0.4, -0.2) is 21.1 Å². The summed E-state index contributed by atoms with van der Waals surface area (Å²) in [6.07, 6.45) is 6.93. The van der Waals surface area contributed by atoms with Gasteiger partial charge in [-0.15, -0.1) is 0 Å². The number of aryl methyl sites for hydroxylation is 1. The van der Waals surface area contributed by atoms with Gasteiger partial charge < -0.3 is 5.32 Å². The van der Waals surface area contributed by atoms with E-state index in [1.165, 1.54) is 31.2 Å². The van der Waals surface area contributed by atoms with E-state index in [-0.39, 0.29) is 0 Å². The number of hydrogen-bond acceptors (Lipinski definition) is 3. The van der Waals surface area contributed by atoms with E-state index in [9.17, 15) is 0 Å². The number of anilines is 1. The number of pyridine rings is 1. The third kappa shape index (κ3) is 2.07. The monoisotopic (exact) mass is 244 g/mol. The van der Waals surface area contributed by atoms with Crippen LogP contribution in [0.2, 0.25) is 0 Å². The van der Waals surface area contributed by atoms with Gasteiger partial charge in [-0.25, -0.2) is 4.98 Å². The van der Waals surface area contributed by atoms with E-state index in [1.807, 2.05) is 4.52 Å². The lowest BCUT2D eigenvalue weighted by Gasteiger charge is -2.16. The minimum Gasteiger partial charge on any atom is -0.369 e. The molecular weight excluding hydrogens is 224 g/mol. The van der Waals surface area contributed by atoms with Crippen LogP contribution in [0.1, 0.15) is 38.2 Å². The van der Waals surface area contributed by atoms with Gasteiger partial charge in [0.1, 0.15) is 12.1 Å². The highest BCUT2D eigenvalue weighted by molar-refractivity contribution is 5.51. The number of hydrogen-bond donors (Lipinski definition) is 1. The van der Waals surface area contributed by atoms with Crippen LogP contribution in [0.25, 0.3) is 5.65 Å². The predicted molar refractivity (Wildman–Crippen MR) is 72.8 cm³/mol. The van der Waals surface area contributed by atoms with Gasteiger partial charge in [-0.1, -0.05) is 13.3 Å². The van der Waals surface area contributed by atoms with Crippen molar-refractivity contribution < 1.29 is 0 Å². The molecule has 4 heteroatoms. The van der Waals surface area contributed by atoms with Gasteiger partial charge in [-0.2, -0.15) is 9.61 Å². The largest absolute Gasteiger partial charge is 0.369 e. The molecule has 96 valence electrons. The van der Waals surface area contributed by atoms with E-state index in [0.717, 1.165) is 18.0 Å². The van der Waals surface area contributed by atoms with Crippen molar-refractivity contribution in [2.75, 3.05) is 11.9 Å². The third-order valence-corrected chi connectivity index (χ3v) is 3.91. The normalized spacial score (nSPS) is 17.0. The molecule has 3 rings (SSSR count). The smallest absolute Gasteiger partial charge is 0.157 e. The quantitative estimate of drug-likeness (QED) is 0.879. The topological polar surface area (TPSA) is 42.2 Å². The third-order valence-electron chi connectivity index (χ3n) is 3.91. The molecule has 0 amide bonds. The first-order valence-electron chi connectivity index (χ1n) is 6.77. The van der Waals surface area contributed by atoms with Gasteiger partial charge in [-0.3, -0.25) is 0 Å². The lowest BCUT2D eigenvalue weighted by atomic mass is 10.0. The molecule has 18 heavy (non-hydrogen) atoms. The molecule has 0 unspecified atom stereocenters. The molecule has 0 aliphatic heterocycles. The first-order valence-corrected chi connectivity index (χ1v) is 6.77. The van der Waals surface area contributed by atoms with E-state index in [4.69, 9.17) is 0 Å². The maximum absolute atomic E-state index is 4.27. The van der Waals surface area contributed by atoms with Crippen LogP contribution < -0.4 is 5.32 Å². The lowest BCUT2D eigenvalue weighted by Crippen LogP contribution is -2.17. The van der Waals surface area contributed by atoms with Crippen molar-refractivity contribution in [3.05, 3.63) is 24.0 Å². The second kappa shape index (κ2) is 4.26. The van der Waals surface area contributed by atoms with Gasteiger partial charge >= 0.3 is 0 Å². The number of rotatable bonds is 5. The molecule has 1 N–H and O–H groups in total. The SMILES string of the molecule is CCCC1(CNc2cc(C)cc3ncnn23)CC1. The fourth-order valence-corrected chi connectivity index (χ4v) is 2.68. The number of nitrogens with one attached hydrogen (secondary N) is 1.